The minimum atomic E-state index is -0.146. The molecule has 3 heterocycles. The van der Waals surface area contributed by atoms with Gasteiger partial charge in [0.25, 0.3) is 0 Å². The largest absolute Gasteiger partial charge is 0.353 e. The number of piperidine rings is 1. The van der Waals surface area contributed by atoms with Crippen LogP contribution in [0.1, 0.15) is 41.8 Å². The average molecular weight is 400 g/mol. The lowest BCUT2D eigenvalue weighted by Gasteiger charge is -2.31. The maximum atomic E-state index is 11.0. The van der Waals surface area contributed by atoms with Crippen molar-refractivity contribution in [1.82, 2.24) is 21.0 Å². The third kappa shape index (κ3) is 4.34. The summed E-state index contributed by atoms with van der Waals surface area (Å²) in [7, 11) is 0. The van der Waals surface area contributed by atoms with Gasteiger partial charge in [0.15, 0.2) is 0 Å². The highest BCUT2D eigenvalue weighted by Crippen LogP contribution is 2.32. The Hall–Kier alpha value is -2.45. The minimum absolute atomic E-state index is 0.0536. The molecular formula is C20H25N5O2S. The second-order valence-electron chi connectivity index (χ2n) is 7.26. The lowest BCUT2D eigenvalue weighted by atomic mass is 9.89. The summed E-state index contributed by atoms with van der Waals surface area (Å²) in [4.78, 5) is 18.9. The predicted molar refractivity (Wildman–Crippen MR) is 110 cm³/mol. The molecule has 2 N–H and O–H groups in total. The number of nitrogens with one attached hydrogen (secondary N) is 2. The van der Waals surface area contributed by atoms with Gasteiger partial charge < -0.3 is 10.2 Å². The maximum Gasteiger partial charge on any atom is 0.216 e. The number of aryl methyl sites for hydroxylation is 1. The van der Waals surface area contributed by atoms with Crippen LogP contribution in [0.3, 0.4) is 0 Å². The van der Waals surface area contributed by atoms with E-state index in [1.165, 1.54) is 12.5 Å². The zero-order valence-electron chi connectivity index (χ0n) is 16.1. The van der Waals surface area contributed by atoms with E-state index in [0.717, 1.165) is 47.3 Å². The Morgan fingerprint density at radius 3 is 2.68 bits per heavy atom. The maximum absolute atomic E-state index is 11.0. The van der Waals surface area contributed by atoms with Gasteiger partial charge in [0.2, 0.25) is 11.0 Å². The number of carbonyl (C=O) groups excluding carboxylic acids is 1. The summed E-state index contributed by atoms with van der Waals surface area (Å²) in [6.45, 7) is 6.01. The van der Waals surface area contributed by atoms with Crippen LogP contribution in [0.15, 0.2) is 30.3 Å². The summed E-state index contributed by atoms with van der Waals surface area (Å²) in [5, 5.41) is 13.2. The molecular weight excluding hydrogens is 374 g/mol. The molecule has 0 saturated carbocycles. The lowest BCUT2D eigenvalue weighted by Crippen LogP contribution is -2.32. The van der Waals surface area contributed by atoms with E-state index in [4.69, 9.17) is 4.84 Å². The van der Waals surface area contributed by atoms with Crippen LogP contribution < -0.4 is 15.7 Å². The van der Waals surface area contributed by atoms with E-state index >= 15 is 0 Å². The van der Waals surface area contributed by atoms with E-state index in [2.05, 4.69) is 50.2 Å². The van der Waals surface area contributed by atoms with Gasteiger partial charge >= 0.3 is 0 Å². The topological polar surface area (TPSA) is 79.4 Å². The van der Waals surface area contributed by atoms with E-state index in [9.17, 15) is 4.79 Å². The number of hydrogen-bond donors (Lipinski definition) is 2. The van der Waals surface area contributed by atoms with Gasteiger partial charge in [-0.3, -0.25) is 15.1 Å². The summed E-state index contributed by atoms with van der Waals surface area (Å²) in [5.41, 5.74) is 6.38. The number of carbonyl (C=O) groups is 1. The molecule has 1 aromatic carbocycles. The van der Waals surface area contributed by atoms with Gasteiger partial charge in [-0.25, -0.2) is 0 Å². The Balaban J connectivity index is 1.34. The summed E-state index contributed by atoms with van der Waals surface area (Å²) in [6.07, 6.45) is 4.11. The number of rotatable bonds is 5. The van der Waals surface area contributed by atoms with Crippen LogP contribution in [0.25, 0.3) is 5.70 Å². The Labute approximate surface area is 168 Å². The SMILES string of the molecule is CC(=O)NCC1C=C(c2ccc(C3CCN(c4nnc(C)s4)CC3)cc2)NO1. The van der Waals surface area contributed by atoms with Crippen molar-refractivity contribution in [2.75, 3.05) is 24.5 Å². The number of aromatic nitrogens is 2. The number of nitrogens with zero attached hydrogens (tertiary/aromatic N) is 3. The molecule has 1 saturated heterocycles. The van der Waals surface area contributed by atoms with Crippen LogP contribution in [0, 0.1) is 6.92 Å². The van der Waals surface area contributed by atoms with Crippen molar-refractivity contribution < 1.29 is 9.63 Å². The van der Waals surface area contributed by atoms with E-state index < -0.39 is 0 Å². The van der Waals surface area contributed by atoms with Gasteiger partial charge in [-0.1, -0.05) is 35.6 Å². The Kier molecular flexibility index (Phi) is 5.59. The molecule has 7 nitrogen and oxygen atoms in total. The molecule has 0 radical (unpaired) electrons. The number of hydroxylamine groups is 1. The highest BCUT2D eigenvalue weighted by molar-refractivity contribution is 7.15. The standard InChI is InChI=1S/C20H25N5O2S/c1-13(26)21-12-18-11-19(24-27-18)17-5-3-15(4-6-17)16-7-9-25(10-8-16)20-23-22-14(2)28-20/h3-6,11,16,18,24H,7-10,12H2,1-2H3,(H,21,26). The highest BCUT2D eigenvalue weighted by Gasteiger charge is 2.23. The van der Waals surface area contributed by atoms with Gasteiger partial charge in [-0.15, -0.1) is 10.2 Å². The van der Waals surface area contributed by atoms with Gasteiger partial charge in [0.1, 0.15) is 11.1 Å². The molecule has 8 heteroatoms. The van der Waals surface area contributed by atoms with Crippen LogP contribution >= 0.6 is 11.3 Å². The van der Waals surface area contributed by atoms with Crippen molar-refractivity contribution in [3.8, 4) is 0 Å². The fraction of sp³-hybridized carbons (Fsp3) is 0.450. The van der Waals surface area contributed by atoms with Crippen LogP contribution in [0.5, 0.6) is 0 Å². The Morgan fingerprint density at radius 2 is 2.04 bits per heavy atom. The van der Waals surface area contributed by atoms with Gasteiger partial charge in [0.05, 0.1) is 12.2 Å². The summed E-state index contributed by atoms with van der Waals surface area (Å²) < 4.78 is 0. The first-order valence-corrected chi connectivity index (χ1v) is 10.4. The average Bonchev–Trinajstić information content (AvgIpc) is 3.36. The highest BCUT2D eigenvalue weighted by atomic mass is 32.1. The number of amides is 1. The second kappa shape index (κ2) is 8.28. The molecule has 0 bridgehead atoms. The smallest absolute Gasteiger partial charge is 0.216 e. The van der Waals surface area contributed by atoms with Crippen molar-refractivity contribution in [2.24, 2.45) is 0 Å². The van der Waals surface area contributed by atoms with Crippen molar-refractivity contribution in [2.45, 2.75) is 38.7 Å². The molecule has 0 spiro atoms. The number of anilines is 1. The molecule has 1 unspecified atom stereocenters. The van der Waals surface area contributed by atoms with E-state index in [-0.39, 0.29) is 12.0 Å². The molecule has 1 fully saturated rings. The van der Waals surface area contributed by atoms with E-state index in [1.54, 1.807) is 11.3 Å². The number of hydrogen-bond acceptors (Lipinski definition) is 7. The molecule has 2 aromatic rings. The van der Waals surface area contributed by atoms with Crippen LogP contribution in [0.4, 0.5) is 5.13 Å². The molecule has 4 rings (SSSR count). The zero-order chi connectivity index (χ0) is 19.5. The van der Waals surface area contributed by atoms with Crippen LogP contribution in [0.2, 0.25) is 0 Å². The quantitative estimate of drug-likeness (QED) is 0.805. The zero-order valence-corrected chi connectivity index (χ0v) is 17.0. The van der Waals surface area contributed by atoms with Crippen molar-refractivity contribution >= 4 is 28.1 Å². The van der Waals surface area contributed by atoms with E-state index in [1.807, 2.05) is 13.0 Å². The first-order valence-electron chi connectivity index (χ1n) is 9.62. The van der Waals surface area contributed by atoms with Crippen molar-refractivity contribution in [3.63, 3.8) is 0 Å². The van der Waals surface area contributed by atoms with Crippen LogP contribution in [-0.2, 0) is 9.63 Å². The molecule has 2 aliphatic heterocycles. The molecule has 1 amide bonds. The predicted octanol–water partition coefficient (Wildman–Crippen LogP) is 2.61. The molecule has 0 aliphatic carbocycles. The third-order valence-electron chi connectivity index (χ3n) is 5.20. The first-order chi connectivity index (χ1) is 13.6. The van der Waals surface area contributed by atoms with E-state index in [0.29, 0.717) is 12.5 Å². The normalized spacial score (nSPS) is 20.0. The molecule has 1 atom stereocenters. The van der Waals surface area contributed by atoms with Crippen LogP contribution in [-0.4, -0.2) is 41.8 Å². The molecule has 148 valence electrons. The fourth-order valence-electron chi connectivity index (χ4n) is 3.65. The molecule has 1 aromatic heterocycles. The Bertz CT molecular complexity index is 856. The van der Waals surface area contributed by atoms with Crippen molar-refractivity contribution in [3.05, 3.63) is 46.5 Å². The molecule has 28 heavy (non-hydrogen) atoms. The number of benzene rings is 1. The lowest BCUT2D eigenvalue weighted by molar-refractivity contribution is -0.119. The summed E-state index contributed by atoms with van der Waals surface area (Å²) in [6, 6.07) is 8.71. The summed E-state index contributed by atoms with van der Waals surface area (Å²) in [5.74, 6) is 0.524. The van der Waals surface area contributed by atoms with Crippen molar-refractivity contribution in [1.29, 1.82) is 0 Å². The van der Waals surface area contributed by atoms with Gasteiger partial charge in [0, 0.05) is 20.0 Å². The second-order valence-corrected chi connectivity index (χ2v) is 8.42. The Morgan fingerprint density at radius 1 is 1.29 bits per heavy atom. The minimum Gasteiger partial charge on any atom is -0.353 e. The fourth-order valence-corrected chi connectivity index (χ4v) is 4.39. The summed E-state index contributed by atoms with van der Waals surface area (Å²) >= 11 is 1.67. The first kappa shape index (κ1) is 18.9. The molecule has 2 aliphatic rings. The third-order valence-corrected chi connectivity index (χ3v) is 6.10. The van der Waals surface area contributed by atoms with Gasteiger partial charge in [-0.2, -0.15) is 0 Å². The van der Waals surface area contributed by atoms with Gasteiger partial charge in [-0.05, 0) is 42.9 Å². The monoisotopic (exact) mass is 399 g/mol.